The van der Waals surface area contributed by atoms with E-state index in [1.165, 1.54) is 21.4 Å². The van der Waals surface area contributed by atoms with Crippen molar-refractivity contribution in [1.29, 1.82) is 0 Å². The molecule has 2 aromatic rings. The standard InChI is InChI=1S/C23H34F3N7O4S/c1-22(2,34)16-32-15-17(13-28-32)20-19(23(24,25)26)14-27-21(30-20)29-18-3-5-33(6-4-18)38(35,36)12-9-31-7-10-37-11-8-31/h13-15,18,34H,3-12,16H2,1-2H3,(H,27,29,30). The van der Waals surface area contributed by atoms with Crippen molar-refractivity contribution < 1.29 is 31.4 Å². The molecule has 0 spiro atoms. The summed E-state index contributed by atoms with van der Waals surface area (Å²) in [6, 6.07) is -0.191. The minimum Gasteiger partial charge on any atom is -0.389 e. The number of halogens is 3. The van der Waals surface area contributed by atoms with Gasteiger partial charge >= 0.3 is 6.18 Å². The zero-order valence-corrected chi connectivity index (χ0v) is 22.3. The number of anilines is 1. The number of aliphatic hydroxyl groups is 1. The van der Waals surface area contributed by atoms with Crippen molar-refractivity contribution in [2.75, 3.05) is 57.0 Å². The molecule has 2 fully saturated rings. The number of sulfonamides is 1. The average Bonchev–Trinajstić information content (AvgIpc) is 3.30. The Kier molecular flexibility index (Phi) is 8.62. The number of rotatable bonds is 9. The first-order valence-electron chi connectivity index (χ1n) is 12.5. The monoisotopic (exact) mass is 561 g/mol. The molecule has 4 heterocycles. The quantitative estimate of drug-likeness (QED) is 0.470. The zero-order valence-electron chi connectivity index (χ0n) is 21.5. The lowest BCUT2D eigenvalue weighted by Crippen LogP contribution is -2.46. The number of hydrogen-bond acceptors (Lipinski definition) is 9. The lowest BCUT2D eigenvalue weighted by atomic mass is 10.1. The highest BCUT2D eigenvalue weighted by Crippen LogP contribution is 2.36. The molecule has 212 valence electrons. The van der Waals surface area contributed by atoms with E-state index in [0.717, 1.165) is 19.3 Å². The molecule has 0 aliphatic carbocycles. The van der Waals surface area contributed by atoms with Crippen LogP contribution in [-0.4, -0.2) is 106 Å². The van der Waals surface area contributed by atoms with Crippen LogP contribution in [-0.2, 0) is 27.5 Å². The van der Waals surface area contributed by atoms with E-state index in [2.05, 4.69) is 25.3 Å². The van der Waals surface area contributed by atoms with Gasteiger partial charge < -0.3 is 15.2 Å². The van der Waals surface area contributed by atoms with E-state index >= 15 is 0 Å². The molecule has 0 aromatic carbocycles. The SMILES string of the molecule is CC(C)(O)Cn1cc(-c2nc(NC3CCN(S(=O)(=O)CCN4CCOCC4)CC3)ncc2C(F)(F)F)cn1. The van der Waals surface area contributed by atoms with Crippen molar-refractivity contribution in [3.63, 3.8) is 0 Å². The van der Waals surface area contributed by atoms with Gasteiger partial charge in [0.1, 0.15) is 5.56 Å². The van der Waals surface area contributed by atoms with E-state index in [9.17, 15) is 26.7 Å². The van der Waals surface area contributed by atoms with Crippen LogP contribution in [0.3, 0.4) is 0 Å². The fraction of sp³-hybridized carbons (Fsp3) is 0.696. The third-order valence-electron chi connectivity index (χ3n) is 6.50. The number of morpholine rings is 1. The van der Waals surface area contributed by atoms with Gasteiger partial charge in [-0.15, -0.1) is 0 Å². The fourth-order valence-electron chi connectivity index (χ4n) is 4.51. The van der Waals surface area contributed by atoms with Crippen LogP contribution in [0, 0.1) is 0 Å². The lowest BCUT2D eigenvalue weighted by molar-refractivity contribution is -0.137. The molecule has 0 unspecified atom stereocenters. The zero-order chi connectivity index (χ0) is 27.6. The van der Waals surface area contributed by atoms with E-state index in [4.69, 9.17) is 4.74 Å². The van der Waals surface area contributed by atoms with Gasteiger partial charge in [0.25, 0.3) is 0 Å². The van der Waals surface area contributed by atoms with Gasteiger partial charge in [-0.25, -0.2) is 22.7 Å². The molecule has 15 heteroatoms. The van der Waals surface area contributed by atoms with Crippen LogP contribution in [0.25, 0.3) is 11.3 Å². The third kappa shape index (κ3) is 7.62. The number of ether oxygens (including phenoxy) is 1. The topological polar surface area (TPSA) is 126 Å². The van der Waals surface area contributed by atoms with Crippen LogP contribution in [0.2, 0.25) is 0 Å². The Morgan fingerprint density at radius 2 is 1.82 bits per heavy atom. The fourth-order valence-corrected chi connectivity index (χ4v) is 6.02. The Balaban J connectivity index is 1.40. The van der Waals surface area contributed by atoms with E-state index in [1.54, 1.807) is 13.8 Å². The summed E-state index contributed by atoms with van der Waals surface area (Å²) in [5, 5.41) is 17.1. The summed E-state index contributed by atoms with van der Waals surface area (Å²) >= 11 is 0. The largest absolute Gasteiger partial charge is 0.419 e. The predicted octanol–water partition coefficient (Wildman–Crippen LogP) is 1.67. The Hall–Kier alpha value is -2.33. The van der Waals surface area contributed by atoms with Gasteiger partial charge in [0.15, 0.2) is 0 Å². The van der Waals surface area contributed by atoms with Crippen LogP contribution in [0.5, 0.6) is 0 Å². The first kappa shape index (κ1) is 28.7. The molecule has 2 aliphatic heterocycles. The molecular weight excluding hydrogens is 527 g/mol. The molecular formula is C23H34F3N7O4S. The van der Waals surface area contributed by atoms with Gasteiger partial charge in [0, 0.05) is 56.7 Å². The summed E-state index contributed by atoms with van der Waals surface area (Å²) in [6.07, 6.45) is -0.316. The summed E-state index contributed by atoms with van der Waals surface area (Å²) in [5.74, 6) is 0.0642. The van der Waals surface area contributed by atoms with Crippen molar-refractivity contribution in [1.82, 2.24) is 29.0 Å². The number of aromatic nitrogens is 4. The molecule has 2 aromatic heterocycles. The van der Waals surface area contributed by atoms with Crippen LogP contribution >= 0.6 is 0 Å². The summed E-state index contributed by atoms with van der Waals surface area (Å²) in [7, 11) is -3.41. The minimum absolute atomic E-state index is 0.0249. The highest BCUT2D eigenvalue weighted by atomic mass is 32.2. The van der Waals surface area contributed by atoms with Gasteiger partial charge in [0.05, 0.1) is 43.0 Å². The van der Waals surface area contributed by atoms with Gasteiger partial charge in [-0.05, 0) is 26.7 Å². The number of alkyl halides is 3. The summed E-state index contributed by atoms with van der Waals surface area (Å²) < 4.78 is 74.8. The van der Waals surface area contributed by atoms with Crippen LogP contribution in [0.15, 0.2) is 18.6 Å². The molecule has 2 N–H and O–H groups in total. The smallest absolute Gasteiger partial charge is 0.389 e. The second-order valence-corrected chi connectivity index (χ2v) is 12.4. The third-order valence-corrected chi connectivity index (χ3v) is 8.35. The molecule has 0 amide bonds. The normalized spacial score (nSPS) is 19.1. The Labute approximate surface area is 220 Å². The molecule has 0 bridgehead atoms. The van der Waals surface area contributed by atoms with Crippen molar-refractivity contribution in [2.24, 2.45) is 0 Å². The second-order valence-electron chi connectivity index (χ2n) is 10.3. The number of nitrogens with one attached hydrogen (secondary N) is 1. The first-order chi connectivity index (χ1) is 17.8. The molecule has 4 rings (SSSR count). The molecule has 2 aliphatic rings. The molecule has 0 atom stereocenters. The Morgan fingerprint density at radius 3 is 2.45 bits per heavy atom. The van der Waals surface area contributed by atoms with Crippen LogP contribution in [0.4, 0.5) is 19.1 Å². The predicted molar refractivity (Wildman–Crippen MR) is 134 cm³/mol. The molecule has 38 heavy (non-hydrogen) atoms. The van der Waals surface area contributed by atoms with Gasteiger partial charge in [-0.1, -0.05) is 0 Å². The summed E-state index contributed by atoms with van der Waals surface area (Å²) in [5.41, 5.74) is -2.26. The van der Waals surface area contributed by atoms with E-state index in [-0.39, 0.29) is 35.5 Å². The summed E-state index contributed by atoms with van der Waals surface area (Å²) in [4.78, 5) is 10.1. The number of piperidine rings is 1. The maximum absolute atomic E-state index is 13.7. The highest BCUT2D eigenvalue weighted by Gasteiger charge is 2.36. The van der Waals surface area contributed by atoms with Crippen molar-refractivity contribution in [3.8, 4) is 11.3 Å². The van der Waals surface area contributed by atoms with E-state index in [1.807, 2.05) is 0 Å². The van der Waals surface area contributed by atoms with Gasteiger partial charge in [-0.2, -0.15) is 18.3 Å². The molecule has 0 radical (unpaired) electrons. The average molecular weight is 562 g/mol. The lowest BCUT2D eigenvalue weighted by Gasteiger charge is -2.33. The molecule has 11 nitrogen and oxygen atoms in total. The molecule has 2 saturated heterocycles. The minimum atomic E-state index is -4.67. The van der Waals surface area contributed by atoms with E-state index in [0.29, 0.717) is 45.7 Å². The van der Waals surface area contributed by atoms with Crippen molar-refractivity contribution >= 4 is 16.0 Å². The van der Waals surface area contributed by atoms with Crippen LogP contribution in [0.1, 0.15) is 32.3 Å². The second kappa shape index (κ2) is 11.4. The Bertz CT molecular complexity index is 1190. The number of hydrogen-bond donors (Lipinski definition) is 2. The summed E-state index contributed by atoms with van der Waals surface area (Å²) in [6.45, 7) is 6.96. The van der Waals surface area contributed by atoms with E-state index < -0.39 is 27.4 Å². The Morgan fingerprint density at radius 1 is 1.13 bits per heavy atom. The van der Waals surface area contributed by atoms with Gasteiger partial charge in [0.2, 0.25) is 16.0 Å². The van der Waals surface area contributed by atoms with Crippen LogP contribution < -0.4 is 5.32 Å². The first-order valence-corrected chi connectivity index (χ1v) is 14.1. The maximum atomic E-state index is 13.7. The molecule has 0 saturated carbocycles. The van der Waals surface area contributed by atoms with Crippen molar-refractivity contribution in [2.45, 2.75) is 51.1 Å². The maximum Gasteiger partial charge on any atom is 0.419 e. The number of nitrogens with zero attached hydrogens (tertiary/aromatic N) is 6. The van der Waals surface area contributed by atoms with Gasteiger partial charge in [-0.3, -0.25) is 9.58 Å². The van der Waals surface area contributed by atoms with Crippen molar-refractivity contribution in [3.05, 3.63) is 24.2 Å². The highest BCUT2D eigenvalue weighted by molar-refractivity contribution is 7.89.